The van der Waals surface area contributed by atoms with Gasteiger partial charge in [0.2, 0.25) is 11.8 Å². The molecule has 1 aliphatic heterocycles. The zero-order chi connectivity index (χ0) is 18.0. The zero-order valence-electron chi connectivity index (χ0n) is 14.9. The van der Waals surface area contributed by atoms with Crippen LogP contribution < -0.4 is 4.74 Å². The van der Waals surface area contributed by atoms with Gasteiger partial charge in [-0.2, -0.15) is 0 Å². The van der Waals surface area contributed by atoms with E-state index >= 15 is 0 Å². The van der Waals surface area contributed by atoms with Crippen LogP contribution in [-0.2, 0) is 16.0 Å². The van der Waals surface area contributed by atoms with Crippen molar-refractivity contribution in [3.8, 4) is 5.75 Å². The maximum absolute atomic E-state index is 12.7. The Hall–Kier alpha value is -1.75. The average molecular weight is 365 g/mol. The Balaban J connectivity index is 1.63. The van der Waals surface area contributed by atoms with Crippen molar-refractivity contribution in [2.24, 2.45) is 5.92 Å². The van der Waals surface area contributed by atoms with Crippen LogP contribution in [0.1, 0.15) is 30.4 Å². The highest BCUT2D eigenvalue weighted by atomic mass is 35.5. The number of rotatable bonds is 4. The summed E-state index contributed by atoms with van der Waals surface area (Å²) in [5.74, 6) is 1.25. The van der Waals surface area contributed by atoms with Crippen LogP contribution in [-0.4, -0.2) is 54.9 Å². The van der Waals surface area contributed by atoms with E-state index < -0.39 is 0 Å². The van der Waals surface area contributed by atoms with E-state index in [0.717, 1.165) is 36.9 Å². The summed E-state index contributed by atoms with van der Waals surface area (Å²) in [5, 5.41) is 0.640. The van der Waals surface area contributed by atoms with Gasteiger partial charge in [0.15, 0.2) is 0 Å². The number of hydrogen-bond donors (Lipinski definition) is 0. The molecule has 0 aromatic heterocycles. The Morgan fingerprint density at radius 3 is 2.52 bits per heavy atom. The Bertz CT molecular complexity index is 673. The largest absolute Gasteiger partial charge is 0.496 e. The maximum atomic E-state index is 12.7. The van der Waals surface area contributed by atoms with E-state index in [4.69, 9.17) is 16.3 Å². The third-order valence-corrected chi connectivity index (χ3v) is 5.40. The van der Waals surface area contributed by atoms with Crippen molar-refractivity contribution in [1.82, 2.24) is 9.80 Å². The lowest BCUT2D eigenvalue weighted by Crippen LogP contribution is -2.38. The molecule has 0 N–H and O–H groups in total. The molecule has 2 amide bonds. The number of halogens is 1. The molecule has 1 heterocycles. The minimum Gasteiger partial charge on any atom is -0.496 e. The highest BCUT2D eigenvalue weighted by Gasteiger charge is 2.34. The normalized spacial score (nSPS) is 18.0. The summed E-state index contributed by atoms with van der Waals surface area (Å²) in [6, 6.07) is 3.68. The summed E-state index contributed by atoms with van der Waals surface area (Å²) in [4.78, 5) is 28.7. The van der Waals surface area contributed by atoms with Crippen LogP contribution in [0.25, 0.3) is 0 Å². The lowest BCUT2D eigenvalue weighted by atomic mass is 10.1. The molecule has 1 aliphatic carbocycles. The maximum Gasteiger partial charge on any atom is 0.227 e. The first kappa shape index (κ1) is 18.1. The molecular weight excluding hydrogens is 340 g/mol. The summed E-state index contributed by atoms with van der Waals surface area (Å²) in [7, 11) is 1.60. The summed E-state index contributed by atoms with van der Waals surface area (Å²) in [6.45, 7) is 4.58. The third kappa shape index (κ3) is 4.27. The number of nitrogens with zero attached hydrogens (tertiary/aromatic N) is 2. The summed E-state index contributed by atoms with van der Waals surface area (Å²) >= 11 is 6.20. The van der Waals surface area contributed by atoms with E-state index in [9.17, 15) is 9.59 Å². The highest BCUT2D eigenvalue weighted by Crippen LogP contribution is 2.31. The SMILES string of the molecule is COc1cc(C)c(Cl)cc1CC(=O)N1CCCN(C(=O)C2CC2)CC1. The number of ether oxygens (including phenoxy) is 1. The summed E-state index contributed by atoms with van der Waals surface area (Å²) in [6.07, 6.45) is 3.13. The van der Waals surface area contributed by atoms with Gasteiger partial charge >= 0.3 is 0 Å². The molecule has 3 rings (SSSR count). The van der Waals surface area contributed by atoms with Crippen molar-refractivity contribution in [1.29, 1.82) is 0 Å². The van der Waals surface area contributed by atoms with Gasteiger partial charge in [0.05, 0.1) is 13.5 Å². The Labute approximate surface area is 153 Å². The fourth-order valence-electron chi connectivity index (χ4n) is 3.27. The molecule has 136 valence electrons. The molecular formula is C19H25ClN2O3. The van der Waals surface area contributed by atoms with Crippen LogP contribution in [0, 0.1) is 12.8 Å². The quantitative estimate of drug-likeness (QED) is 0.825. The van der Waals surface area contributed by atoms with Crippen molar-refractivity contribution in [3.63, 3.8) is 0 Å². The van der Waals surface area contributed by atoms with Crippen LogP contribution >= 0.6 is 11.6 Å². The number of carbonyl (C=O) groups excluding carboxylic acids is 2. The van der Waals surface area contributed by atoms with Gasteiger partial charge in [-0.1, -0.05) is 11.6 Å². The van der Waals surface area contributed by atoms with Crippen LogP contribution in [0.3, 0.4) is 0 Å². The van der Waals surface area contributed by atoms with Crippen LogP contribution in [0.5, 0.6) is 5.75 Å². The van der Waals surface area contributed by atoms with E-state index in [-0.39, 0.29) is 24.2 Å². The van der Waals surface area contributed by atoms with E-state index in [0.29, 0.717) is 30.4 Å². The first-order chi connectivity index (χ1) is 12.0. The molecule has 1 aromatic carbocycles. The van der Waals surface area contributed by atoms with Gasteiger partial charge in [0.1, 0.15) is 5.75 Å². The van der Waals surface area contributed by atoms with Crippen molar-refractivity contribution in [2.75, 3.05) is 33.3 Å². The molecule has 0 radical (unpaired) electrons. The Morgan fingerprint density at radius 1 is 1.16 bits per heavy atom. The number of methoxy groups -OCH3 is 1. The second kappa shape index (κ2) is 7.65. The second-order valence-corrected chi connectivity index (χ2v) is 7.33. The first-order valence-electron chi connectivity index (χ1n) is 8.89. The van der Waals surface area contributed by atoms with Crippen LogP contribution in [0.4, 0.5) is 0 Å². The lowest BCUT2D eigenvalue weighted by Gasteiger charge is -2.22. The van der Waals surface area contributed by atoms with Crippen LogP contribution in [0.2, 0.25) is 5.02 Å². The molecule has 2 fully saturated rings. The number of carbonyl (C=O) groups is 2. The van der Waals surface area contributed by atoms with Crippen molar-refractivity contribution in [3.05, 3.63) is 28.3 Å². The van der Waals surface area contributed by atoms with Gasteiger partial charge in [-0.3, -0.25) is 9.59 Å². The molecule has 5 nitrogen and oxygen atoms in total. The number of hydrogen-bond acceptors (Lipinski definition) is 3. The third-order valence-electron chi connectivity index (χ3n) is 4.99. The molecule has 6 heteroatoms. The van der Waals surface area contributed by atoms with Crippen molar-refractivity contribution >= 4 is 23.4 Å². The van der Waals surface area contributed by atoms with Gasteiger partial charge in [-0.15, -0.1) is 0 Å². The topological polar surface area (TPSA) is 49.9 Å². The molecule has 0 atom stereocenters. The van der Waals surface area contributed by atoms with Crippen molar-refractivity contribution < 1.29 is 14.3 Å². The monoisotopic (exact) mass is 364 g/mol. The van der Waals surface area contributed by atoms with Gasteiger partial charge in [-0.05, 0) is 43.9 Å². The first-order valence-corrected chi connectivity index (χ1v) is 9.27. The predicted octanol–water partition coefficient (Wildman–Crippen LogP) is 2.67. The van der Waals surface area contributed by atoms with Gasteiger partial charge in [0.25, 0.3) is 0 Å². The smallest absolute Gasteiger partial charge is 0.227 e. The summed E-state index contributed by atoms with van der Waals surface area (Å²) < 4.78 is 5.39. The zero-order valence-corrected chi connectivity index (χ0v) is 15.6. The van der Waals surface area contributed by atoms with Gasteiger partial charge in [-0.25, -0.2) is 0 Å². The van der Waals surface area contributed by atoms with E-state index in [1.165, 1.54) is 0 Å². The fourth-order valence-corrected chi connectivity index (χ4v) is 3.46. The van der Waals surface area contributed by atoms with Crippen molar-refractivity contribution in [2.45, 2.75) is 32.6 Å². The molecule has 1 saturated heterocycles. The standard InChI is InChI=1S/C19H25ClN2O3/c1-13-10-17(25-2)15(11-16(13)20)12-18(23)21-6-3-7-22(9-8-21)19(24)14-4-5-14/h10-11,14H,3-9,12H2,1-2H3. The number of benzene rings is 1. The van der Waals surface area contributed by atoms with E-state index in [1.807, 2.05) is 28.9 Å². The second-order valence-electron chi connectivity index (χ2n) is 6.92. The molecule has 25 heavy (non-hydrogen) atoms. The van der Waals surface area contributed by atoms with Gasteiger partial charge in [0, 0.05) is 42.7 Å². The molecule has 0 unspecified atom stereocenters. The van der Waals surface area contributed by atoms with E-state index in [1.54, 1.807) is 7.11 Å². The molecule has 2 aliphatic rings. The summed E-state index contributed by atoms with van der Waals surface area (Å²) in [5.41, 5.74) is 1.73. The molecule has 0 spiro atoms. The lowest BCUT2D eigenvalue weighted by molar-refractivity contribution is -0.134. The minimum absolute atomic E-state index is 0.0546. The van der Waals surface area contributed by atoms with Crippen LogP contribution in [0.15, 0.2) is 12.1 Å². The highest BCUT2D eigenvalue weighted by molar-refractivity contribution is 6.31. The number of aryl methyl sites for hydroxylation is 1. The molecule has 0 bridgehead atoms. The Kier molecular flexibility index (Phi) is 5.52. The molecule has 1 aromatic rings. The predicted molar refractivity (Wildman–Crippen MR) is 96.9 cm³/mol. The molecule has 1 saturated carbocycles. The fraction of sp³-hybridized carbons (Fsp3) is 0.579. The minimum atomic E-state index is 0.0546. The number of amides is 2. The Morgan fingerprint density at radius 2 is 1.84 bits per heavy atom. The van der Waals surface area contributed by atoms with E-state index in [2.05, 4.69) is 0 Å². The van der Waals surface area contributed by atoms with Gasteiger partial charge < -0.3 is 14.5 Å². The average Bonchev–Trinajstić information content (AvgIpc) is 3.43.